The minimum Gasteiger partial charge on any atom is -0.462 e. The first-order chi connectivity index (χ1) is 8.78. The molecular weight excluding hydrogens is 226 g/mol. The van der Waals surface area contributed by atoms with Crippen molar-refractivity contribution in [3.8, 4) is 0 Å². The van der Waals surface area contributed by atoms with Gasteiger partial charge in [-0.2, -0.15) is 0 Å². The lowest BCUT2D eigenvalue weighted by Crippen LogP contribution is -2.31. The molecular formula is C15H19NO2. The van der Waals surface area contributed by atoms with E-state index < -0.39 is 0 Å². The van der Waals surface area contributed by atoms with Crippen molar-refractivity contribution in [2.75, 3.05) is 18.1 Å². The number of fused-ring (bicyclic) bond motifs is 2. The zero-order valence-corrected chi connectivity index (χ0v) is 10.8. The second-order valence-electron chi connectivity index (χ2n) is 5.25. The molecule has 18 heavy (non-hydrogen) atoms. The SMILES string of the molecule is CCOC(=O)c1ccc(N2C[C@@H]3CC[C@H]2C3)cc1. The third-order valence-corrected chi connectivity index (χ3v) is 4.12. The van der Waals surface area contributed by atoms with E-state index in [-0.39, 0.29) is 5.97 Å². The average Bonchev–Trinajstić information content (AvgIpc) is 3.01. The van der Waals surface area contributed by atoms with Crippen LogP contribution in [0.2, 0.25) is 0 Å². The van der Waals surface area contributed by atoms with Crippen molar-refractivity contribution in [3.63, 3.8) is 0 Å². The van der Waals surface area contributed by atoms with Gasteiger partial charge in [0.15, 0.2) is 0 Å². The van der Waals surface area contributed by atoms with Crippen LogP contribution in [0.1, 0.15) is 36.5 Å². The van der Waals surface area contributed by atoms with Gasteiger partial charge in [-0.1, -0.05) is 0 Å². The summed E-state index contributed by atoms with van der Waals surface area (Å²) in [5.74, 6) is 0.659. The Kier molecular flexibility index (Phi) is 2.98. The molecule has 3 rings (SSSR count). The van der Waals surface area contributed by atoms with E-state index in [1.54, 1.807) is 0 Å². The third kappa shape index (κ3) is 1.98. The molecule has 96 valence electrons. The number of hydrogen-bond acceptors (Lipinski definition) is 3. The number of rotatable bonds is 3. The maximum absolute atomic E-state index is 11.6. The fraction of sp³-hybridized carbons (Fsp3) is 0.533. The van der Waals surface area contributed by atoms with E-state index in [9.17, 15) is 4.79 Å². The van der Waals surface area contributed by atoms with Crippen LogP contribution in [0.4, 0.5) is 5.69 Å². The summed E-state index contributed by atoms with van der Waals surface area (Å²) in [5, 5.41) is 0. The third-order valence-electron chi connectivity index (χ3n) is 4.12. The van der Waals surface area contributed by atoms with Gasteiger partial charge in [0.05, 0.1) is 12.2 Å². The molecule has 1 aliphatic carbocycles. The average molecular weight is 245 g/mol. The van der Waals surface area contributed by atoms with Crippen LogP contribution >= 0.6 is 0 Å². The summed E-state index contributed by atoms with van der Waals surface area (Å²) in [6.45, 7) is 3.44. The Hall–Kier alpha value is -1.51. The highest BCUT2D eigenvalue weighted by Gasteiger charge is 2.37. The number of ether oxygens (including phenoxy) is 1. The van der Waals surface area contributed by atoms with Crippen LogP contribution in [0.5, 0.6) is 0 Å². The first-order valence-corrected chi connectivity index (χ1v) is 6.81. The molecule has 0 amide bonds. The van der Waals surface area contributed by atoms with Gasteiger partial charge < -0.3 is 9.64 Å². The van der Waals surface area contributed by atoms with Crippen molar-refractivity contribution in [1.29, 1.82) is 0 Å². The van der Waals surface area contributed by atoms with Crippen molar-refractivity contribution in [2.45, 2.75) is 32.2 Å². The molecule has 1 saturated heterocycles. The monoisotopic (exact) mass is 245 g/mol. The number of carbonyl (C=O) groups excluding carboxylic acids is 1. The van der Waals surface area contributed by atoms with E-state index in [1.165, 1.54) is 31.5 Å². The van der Waals surface area contributed by atoms with Gasteiger partial charge in [-0.05, 0) is 56.4 Å². The van der Waals surface area contributed by atoms with E-state index >= 15 is 0 Å². The molecule has 1 aromatic carbocycles. The van der Waals surface area contributed by atoms with Crippen molar-refractivity contribution in [2.24, 2.45) is 5.92 Å². The maximum Gasteiger partial charge on any atom is 0.338 e. The van der Waals surface area contributed by atoms with Gasteiger partial charge in [0.1, 0.15) is 0 Å². The summed E-state index contributed by atoms with van der Waals surface area (Å²) in [7, 11) is 0. The Morgan fingerprint density at radius 1 is 1.33 bits per heavy atom. The van der Waals surface area contributed by atoms with Crippen LogP contribution in [0.25, 0.3) is 0 Å². The number of piperidine rings is 1. The van der Waals surface area contributed by atoms with Gasteiger partial charge >= 0.3 is 5.97 Å². The van der Waals surface area contributed by atoms with E-state index in [2.05, 4.69) is 4.90 Å². The molecule has 0 spiro atoms. The molecule has 1 saturated carbocycles. The number of carbonyl (C=O) groups is 1. The summed E-state index contributed by atoms with van der Waals surface area (Å²) in [6, 6.07) is 8.57. The minimum absolute atomic E-state index is 0.230. The smallest absolute Gasteiger partial charge is 0.338 e. The normalized spacial score (nSPS) is 25.5. The van der Waals surface area contributed by atoms with Crippen LogP contribution in [-0.2, 0) is 4.74 Å². The van der Waals surface area contributed by atoms with Gasteiger partial charge in [-0.15, -0.1) is 0 Å². The van der Waals surface area contributed by atoms with Gasteiger partial charge in [-0.25, -0.2) is 4.79 Å². The molecule has 3 heteroatoms. The number of hydrogen-bond donors (Lipinski definition) is 0. The van der Waals surface area contributed by atoms with Crippen molar-refractivity contribution in [3.05, 3.63) is 29.8 Å². The fourth-order valence-corrected chi connectivity index (χ4v) is 3.24. The van der Waals surface area contributed by atoms with Crippen LogP contribution in [0.15, 0.2) is 24.3 Å². The number of nitrogens with zero attached hydrogens (tertiary/aromatic N) is 1. The van der Waals surface area contributed by atoms with Crippen LogP contribution in [-0.4, -0.2) is 25.2 Å². The topological polar surface area (TPSA) is 29.5 Å². The molecule has 2 atom stereocenters. The fourth-order valence-electron chi connectivity index (χ4n) is 3.24. The Labute approximate surface area is 108 Å². The summed E-state index contributed by atoms with van der Waals surface area (Å²) in [6.07, 6.45) is 4.06. The lowest BCUT2D eigenvalue weighted by molar-refractivity contribution is 0.0526. The number of anilines is 1. The van der Waals surface area contributed by atoms with Gasteiger partial charge in [0.25, 0.3) is 0 Å². The Bertz CT molecular complexity index is 440. The molecule has 2 aliphatic rings. The molecule has 1 aromatic rings. The highest BCUT2D eigenvalue weighted by molar-refractivity contribution is 5.89. The van der Waals surface area contributed by atoms with Crippen molar-refractivity contribution < 1.29 is 9.53 Å². The number of benzene rings is 1. The van der Waals surface area contributed by atoms with Gasteiger partial charge in [0.2, 0.25) is 0 Å². The first-order valence-electron chi connectivity index (χ1n) is 6.81. The molecule has 0 unspecified atom stereocenters. The standard InChI is InChI=1S/C15H19NO2/c1-2-18-15(17)12-4-7-13(8-5-12)16-10-11-3-6-14(16)9-11/h4-5,7-8,11,14H,2-3,6,9-10H2,1H3/t11-,14+/m1/s1. The molecule has 1 heterocycles. The Morgan fingerprint density at radius 2 is 2.11 bits per heavy atom. The van der Waals surface area contributed by atoms with E-state index in [0.29, 0.717) is 12.2 Å². The predicted molar refractivity (Wildman–Crippen MR) is 70.9 cm³/mol. The molecule has 0 N–H and O–H groups in total. The Balaban J connectivity index is 1.73. The quantitative estimate of drug-likeness (QED) is 0.767. The molecule has 1 aliphatic heterocycles. The van der Waals surface area contributed by atoms with E-state index in [1.807, 2.05) is 31.2 Å². The zero-order valence-electron chi connectivity index (χ0n) is 10.8. The second-order valence-corrected chi connectivity index (χ2v) is 5.25. The summed E-state index contributed by atoms with van der Waals surface area (Å²) in [5.41, 5.74) is 1.89. The molecule has 2 bridgehead atoms. The zero-order chi connectivity index (χ0) is 12.5. The summed E-state index contributed by atoms with van der Waals surface area (Å²) in [4.78, 5) is 14.1. The second kappa shape index (κ2) is 4.63. The van der Waals surface area contributed by atoms with Gasteiger partial charge in [0, 0.05) is 18.3 Å². The van der Waals surface area contributed by atoms with E-state index in [4.69, 9.17) is 4.74 Å². The summed E-state index contributed by atoms with van der Waals surface area (Å²) < 4.78 is 4.99. The summed E-state index contributed by atoms with van der Waals surface area (Å²) >= 11 is 0. The molecule has 0 radical (unpaired) electrons. The molecule has 2 fully saturated rings. The highest BCUT2D eigenvalue weighted by Crippen LogP contribution is 2.40. The Morgan fingerprint density at radius 3 is 2.67 bits per heavy atom. The maximum atomic E-state index is 11.6. The first kappa shape index (κ1) is 11.6. The predicted octanol–water partition coefficient (Wildman–Crippen LogP) is 2.85. The van der Waals surface area contributed by atoms with Gasteiger partial charge in [-0.3, -0.25) is 0 Å². The van der Waals surface area contributed by atoms with Crippen molar-refractivity contribution in [1.82, 2.24) is 0 Å². The lowest BCUT2D eigenvalue weighted by atomic mass is 10.1. The largest absolute Gasteiger partial charge is 0.462 e. The minimum atomic E-state index is -0.230. The molecule has 3 nitrogen and oxygen atoms in total. The van der Waals surface area contributed by atoms with E-state index in [0.717, 1.165) is 12.0 Å². The van der Waals surface area contributed by atoms with Crippen LogP contribution in [0, 0.1) is 5.92 Å². The van der Waals surface area contributed by atoms with Crippen LogP contribution in [0.3, 0.4) is 0 Å². The van der Waals surface area contributed by atoms with Crippen molar-refractivity contribution >= 4 is 11.7 Å². The lowest BCUT2D eigenvalue weighted by Gasteiger charge is -2.29. The van der Waals surface area contributed by atoms with Crippen LogP contribution < -0.4 is 4.90 Å². The molecule has 0 aromatic heterocycles. The number of esters is 1. The highest BCUT2D eigenvalue weighted by atomic mass is 16.5.